The van der Waals surface area contributed by atoms with Gasteiger partial charge in [-0.15, -0.1) is 12.6 Å². The Balaban J connectivity index is 1.58. The lowest BCUT2D eigenvalue weighted by Crippen LogP contribution is -2.28. The van der Waals surface area contributed by atoms with Crippen LogP contribution in [0.2, 0.25) is 0 Å². The van der Waals surface area contributed by atoms with Crippen LogP contribution < -0.4 is 10.6 Å². The first-order chi connectivity index (χ1) is 15.0. The van der Waals surface area contributed by atoms with E-state index in [0.29, 0.717) is 22.6 Å². The molecule has 1 aromatic heterocycles. The Bertz CT molecular complexity index is 1030. The molecule has 0 bridgehead atoms. The van der Waals surface area contributed by atoms with Gasteiger partial charge in [0.05, 0.1) is 11.7 Å². The number of ether oxygens (including phenoxy) is 1. The standard InChI is InChI=1S/C24H25N3O3S/c1-3-21(19-7-6-14-25-15-19)30-24(29)26-16(2)17-10-12-18(13-11-17)23(28)27-20-8-4-5-9-22(20)31/h4-16,21,31H,3H2,1-2H3,(H,26,29)(H,27,28)/t16-,21-/m0/s1. The highest BCUT2D eigenvalue weighted by molar-refractivity contribution is 7.80. The van der Waals surface area contributed by atoms with Crippen LogP contribution in [0.15, 0.2) is 78.0 Å². The van der Waals surface area contributed by atoms with Crippen molar-refractivity contribution < 1.29 is 14.3 Å². The molecule has 6 nitrogen and oxygen atoms in total. The Hall–Kier alpha value is -3.32. The van der Waals surface area contributed by atoms with Crippen LogP contribution in [0, 0.1) is 0 Å². The Morgan fingerprint density at radius 2 is 1.77 bits per heavy atom. The fourth-order valence-corrected chi connectivity index (χ4v) is 3.29. The Morgan fingerprint density at radius 1 is 1.03 bits per heavy atom. The van der Waals surface area contributed by atoms with E-state index in [2.05, 4.69) is 28.2 Å². The van der Waals surface area contributed by atoms with E-state index < -0.39 is 6.09 Å². The number of alkyl carbamates (subject to hydrolysis) is 1. The van der Waals surface area contributed by atoms with Crippen molar-refractivity contribution in [3.05, 3.63) is 89.7 Å². The van der Waals surface area contributed by atoms with E-state index in [-0.39, 0.29) is 18.1 Å². The maximum absolute atomic E-state index is 12.5. The topological polar surface area (TPSA) is 80.3 Å². The molecular formula is C24H25N3O3S. The summed E-state index contributed by atoms with van der Waals surface area (Å²) in [6, 6.07) is 17.8. The number of rotatable bonds is 7. The number of carbonyl (C=O) groups is 2. The highest BCUT2D eigenvalue weighted by Crippen LogP contribution is 2.22. The average Bonchev–Trinajstić information content (AvgIpc) is 2.79. The van der Waals surface area contributed by atoms with Crippen LogP contribution in [0.1, 0.15) is 53.9 Å². The first kappa shape index (κ1) is 22.4. The Morgan fingerprint density at radius 3 is 2.42 bits per heavy atom. The zero-order chi connectivity index (χ0) is 22.2. The summed E-state index contributed by atoms with van der Waals surface area (Å²) in [5, 5.41) is 5.68. The van der Waals surface area contributed by atoms with E-state index in [1.165, 1.54) is 0 Å². The molecule has 3 rings (SSSR count). The van der Waals surface area contributed by atoms with Gasteiger partial charge >= 0.3 is 6.09 Å². The largest absolute Gasteiger partial charge is 0.441 e. The fourth-order valence-electron chi connectivity index (χ4n) is 3.07. The molecule has 160 valence electrons. The lowest BCUT2D eigenvalue weighted by Gasteiger charge is -2.19. The lowest BCUT2D eigenvalue weighted by molar-refractivity contribution is 0.0924. The van der Waals surface area contributed by atoms with Crippen molar-refractivity contribution in [2.45, 2.75) is 37.3 Å². The number of aromatic nitrogens is 1. The Kier molecular flexibility index (Phi) is 7.67. The van der Waals surface area contributed by atoms with E-state index in [0.717, 1.165) is 11.1 Å². The number of pyridine rings is 1. The van der Waals surface area contributed by atoms with Gasteiger partial charge in [0.15, 0.2) is 0 Å². The van der Waals surface area contributed by atoms with Crippen molar-refractivity contribution in [2.24, 2.45) is 0 Å². The van der Waals surface area contributed by atoms with Crippen LogP contribution in [0.25, 0.3) is 0 Å². The van der Waals surface area contributed by atoms with Gasteiger partial charge in [0.1, 0.15) is 6.10 Å². The van der Waals surface area contributed by atoms with Gasteiger partial charge in [0, 0.05) is 28.4 Å². The summed E-state index contributed by atoms with van der Waals surface area (Å²) < 4.78 is 5.56. The molecule has 0 saturated carbocycles. The Labute approximate surface area is 187 Å². The maximum Gasteiger partial charge on any atom is 0.408 e. The van der Waals surface area contributed by atoms with Crippen LogP contribution in [-0.4, -0.2) is 17.0 Å². The summed E-state index contributed by atoms with van der Waals surface area (Å²) in [6.45, 7) is 3.81. The van der Waals surface area contributed by atoms with Crippen LogP contribution in [0.4, 0.5) is 10.5 Å². The molecule has 0 radical (unpaired) electrons. The molecule has 2 N–H and O–H groups in total. The molecule has 2 aromatic carbocycles. The third-order valence-electron chi connectivity index (χ3n) is 4.84. The van der Waals surface area contributed by atoms with Crippen molar-refractivity contribution in [1.82, 2.24) is 10.3 Å². The first-order valence-electron chi connectivity index (χ1n) is 10.0. The predicted octanol–water partition coefficient (Wildman–Crippen LogP) is 5.56. The molecular weight excluding hydrogens is 410 g/mol. The van der Waals surface area contributed by atoms with Crippen LogP contribution >= 0.6 is 12.6 Å². The third kappa shape index (κ3) is 6.08. The number of nitrogens with zero attached hydrogens (tertiary/aromatic N) is 1. The number of nitrogens with one attached hydrogen (secondary N) is 2. The van der Waals surface area contributed by atoms with E-state index in [1.54, 1.807) is 30.6 Å². The van der Waals surface area contributed by atoms with Crippen molar-refractivity contribution in [3.63, 3.8) is 0 Å². The van der Waals surface area contributed by atoms with Gasteiger partial charge in [-0.1, -0.05) is 37.3 Å². The smallest absolute Gasteiger partial charge is 0.408 e. The zero-order valence-electron chi connectivity index (χ0n) is 17.4. The molecule has 0 saturated heterocycles. The van der Waals surface area contributed by atoms with Gasteiger partial charge < -0.3 is 15.4 Å². The van der Waals surface area contributed by atoms with E-state index in [4.69, 9.17) is 4.74 Å². The van der Waals surface area contributed by atoms with Crippen LogP contribution in [0.3, 0.4) is 0 Å². The third-order valence-corrected chi connectivity index (χ3v) is 5.23. The van der Waals surface area contributed by atoms with Gasteiger partial charge in [-0.05, 0) is 49.2 Å². The van der Waals surface area contributed by atoms with Gasteiger partial charge in [-0.3, -0.25) is 9.78 Å². The van der Waals surface area contributed by atoms with E-state index >= 15 is 0 Å². The second kappa shape index (κ2) is 10.6. The number of benzene rings is 2. The summed E-state index contributed by atoms with van der Waals surface area (Å²) in [7, 11) is 0. The zero-order valence-corrected chi connectivity index (χ0v) is 18.3. The highest BCUT2D eigenvalue weighted by atomic mass is 32.1. The van der Waals surface area contributed by atoms with Crippen molar-refractivity contribution >= 4 is 30.3 Å². The molecule has 1 heterocycles. The summed E-state index contributed by atoms with van der Waals surface area (Å²) in [5.41, 5.74) is 2.87. The van der Waals surface area contributed by atoms with Crippen molar-refractivity contribution in [1.29, 1.82) is 0 Å². The number of amides is 2. The molecule has 0 unspecified atom stereocenters. The molecule has 0 aliphatic heterocycles. The summed E-state index contributed by atoms with van der Waals surface area (Å²) in [6.07, 6.45) is 3.16. The number of para-hydroxylation sites is 1. The molecule has 31 heavy (non-hydrogen) atoms. The minimum absolute atomic E-state index is 0.227. The van der Waals surface area contributed by atoms with Crippen LogP contribution in [-0.2, 0) is 4.74 Å². The molecule has 3 aromatic rings. The van der Waals surface area contributed by atoms with Crippen molar-refractivity contribution in [3.8, 4) is 0 Å². The molecule has 0 aliphatic carbocycles. The van der Waals surface area contributed by atoms with E-state index in [9.17, 15) is 9.59 Å². The summed E-state index contributed by atoms with van der Waals surface area (Å²) in [4.78, 5) is 29.6. The van der Waals surface area contributed by atoms with E-state index in [1.807, 2.05) is 56.3 Å². The minimum atomic E-state index is -0.504. The molecule has 2 amide bonds. The van der Waals surface area contributed by atoms with Gasteiger partial charge in [-0.2, -0.15) is 0 Å². The molecule has 0 aliphatic rings. The molecule has 0 spiro atoms. The minimum Gasteiger partial charge on any atom is -0.441 e. The molecule has 0 fully saturated rings. The first-order valence-corrected chi connectivity index (χ1v) is 10.5. The van der Waals surface area contributed by atoms with Crippen LogP contribution in [0.5, 0.6) is 0 Å². The fraction of sp³-hybridized carbons (Fsp3) is 0.208. The SMILES string of the molecule is CC[C@H](OC(=O)N[C@@H](C)c1ccc(C(=O)Nc2ccccc2S)cc1)c1cccnc1. The monoisotopic (exact) mass is 435 g/mol. The summed E-state index contributed by atoms with van der Waals surface area (Å²) >= 11 is 4.34. The number of hydrogen-bond acceptors (Lipinski definition) is 5. The quantitative estimate of drug-likeness (QED) is 0.424. The van der Waals surface area contributed by atoms with Gasteiger partial charge in [0.2, 0.25) is 0 Å². The molecule has 2 atom stereocenters. The second-order valence-electron chi connectivity index (χ2n) is 7.05. The number of carbonyl (C=O) groups excluding carboxylic acids is 2. The second-order valence-corrected chi connectivity index (χ2v) is 7.53. The maximum atomic E-state index is 12.5. The highest BCUT2D eigenvalue weighted by Gasteiger charge is 2.17. The van der Waals surface area contributed by atoms with Gasteiger partial charge in [0.25, 0.3) is 5.91 Å². The number of anilines is 1. The van der Waals surface area contributed by atoms with Crippen molar-refractivity contribution in [2.75, 3.05) is 5.32 Å². The number of thiol groups is 1. The predicted molar refractivity (Wildman–Crippen MR) is 123 cm³/mol. The van der Waals surface area contributed by atoms with Gasteiger partial charge in [-0.25, -0.2) is 4.79 Å². The lowest BCUT2D eigenvalue weighted by atomic mass is 10.1. The average molecular weight is 436 g/mol. The number of hydrogen-bond donors (Lipinski definition) is 3. The summed E-state index contributed by atoms with van der Waals surface area (Å²) in [5.74, 6) is -0.227. The normalized spacial score (nSPS) is 12.5. The molecule has 7 heteroatoms.